The van der Waals surface area contributed by atoms with Crippen molar-refractivity contribution in [2.45, 2.75) is 58.5 Å². The van der Waals surface area contributed by atoms with Gasteiger partial charge in [-0.3, -0.25) is 0 Å². The number of hydrogen-bond acceptors (Lipinski definition) is 8. The lowest BCUT2D eigenvalue weighted by atomic mass is 10.1. The van der Waals surface area contributed by atoms with Crippen LogP contribution < -0.4 is 11.5 Å². The first-order valence-corrected chi connectivity index (χ1v) is 15.8. The highest BCUT2D eigenvalue weighted by Crippen LogP contribution is 2.10. The molecule has 6 aromatic rings. The van der Waals surface area contributed by atoms with E-state index in [1.165, 1.54) is 16.7 Å². The SMILES string of the molecule is C/C(=C\c1ccccc1)Cn1cc(CCCc2cnc(N)[nH]2)nn1.Nc1ncc(CCCc2cn(C/C=C/c3ccccc3)nn2)[nH]1. The first kappa shape index (κ1) is 32.6. The fourth-order valence-electron chi connectivity index (χ4n) is 5.00. The lowest BCUT2D eigenvalue weighted by Crippen LogP contribution is -1.99. The average molecular weight is 631 g/mol. The summed E-state index contributed by atoms with van der Waals surface area (Å²) in [5, 5.41) is 16.8. The molecule has 12 nitrogen and oxygen atoms in total. The van der Waals surface area contributed by atoms with Gasteiger partial charge in [0.25, 0.3) is 0 Å². The monoisotopic (exact) mass is 630 g/mol. The van der Waals surface area contributed by atoms with E-state index in [0.717, 1.165) is 74.4 Å². The molecule has 0 saturated carbocycles. The van der Waals surface area contributed by atoms with Crippen LogP contribution in [0, 0.1) is 0 Å². The molecule has 47 heavy (non-hydrogen) atoms. The van der Waals surface area contributed by atoms with Gasteiger partial charge in [-0.2, -0.15) is 0 Å². The number of imidazole rings is 2. The van der Waals surface area contributed by atoms with Crippen molar-refractivity contribution in [2.75, 3.05) is 11.5 Å². The van der Waals surface area contributed by atoms with E-state index in [1.54, 1.807) is 12.4 Å². The molecule has 0 aliphatic rings. The Hall–Kier alpha value is -5.78. The molecule has 0 atom stereocenters. The Kier molecular flexibility index (Phi) is 11.8. The largest absolute Gasteiger partial charge is 0.369 e. The Labute approximate surface area is 274 Å². The first-order chi connectivity index (χ1) is 23.0. The smallest absolute Gasteiger partial charge is 0.197 e. The Morgan fingerprint density at radius 2 is 1.23 bits per heavy atom. The number of aryl methyl sites for hydroxylation is 4. The number of aromatic nitrogens is 10. The molecule has 6 N–H and O–H groups in total. The summed E-state index contributed by atoms with van der Waals surface area (Å²) in [4.78, 5) is 14.0. The molecular formula is C35H42N12. The highest BCUT2D eigenvalue weighted by Gasteiger charge is 2.04. The quantitative estimate of drug-likeness (QED) is 0.125. The zero-order valence-electron chi connectivity index (χ0n) is 26.7. The standard InChI is InChI=1S/C18H22N6.C17H20N6/c1-14(10-15-6-3-2-4-7-15)12-24-13-17(22-23-24)9-5-8-16-11-20-18(19)21-16;18-17-19-12-15(20-17)9-4-10-16-13-23(22-21-16)11-5-8-14-6-2-1-3-7-14/h2-4,6-7,10-11,13H,5,8-9,12H2,1H3,(H3,19,20,21);1-3,5-8,12-13H,4,9-11H2,(H3,18,19,20)/b14-10+;8-5+. The van der Waals surface area contributed by atoms with Gasteiger partial charge >= 0.3 is 0 Å². The van der Waals surface area contributed by atoms with Crippen molar-refractivity contribution in [1.29, 1.82) is 0 Å². The molecule has 6 rings (SSSR count). The minimum absolute atomic E-state index is 0.469. The molecule has 0 unspecified atom stereocenters. The highest BCUT2D eigenvalue weighted by atomic mass is 15.4. The number of hydrogen-bond donors (Lipinski definition) is 4. The van der Waals surface area contributed by atoms with E-state index in [-0.39, 0.29) is 0 Å². The molecule has 12 heteroatoms. The number of benzene rings is 2. The predicted octanol–water partition coefficient (Wildman–Crippen LogP) is 5.33. The van der Waals surface area contributed by atoms with Crippen molar-refractivity contribution < 1.29 is 0 Å². The van der Waals surface area contributed by atoms with Crippen LogP contribution in [0.1, 0.15) is 53.7 Å². The van der Waals surface area contributed by atoms with Gasteiger partial charge in [-0.25, -0.2) is 19.3 Å². The fraction of sp³-hybridized carbons (Fsp3) is 0.257. The van der Waals surface area contributed by atoms with Gasteiger partial charge in [0.1, 0.15) is 0 Å². The third-order valence-corrected chi connectivity index (χ3v) is 7.25. The maximum Gasteiger partial charge on any atom is 0.197 e. The van der Waals surface area contributed by atoms with Crippen LogP contribution in [0.4, 0.5) is 11.9 Å². The van der Waals surface area contributed by atoms with E-state index in [4.69, 9.17) is 11.5 Å². The molecular weight excluding hydrogens is 588 g/mol. The van der Waals surface area contributed by atoms with Gasteiger partial charge in [-0.15, -0.1) is 10.2 Å². The molecule has 0 spiro atoms. The van der Waals surface area contributed by atoms with E-state index < -0.39 is 0 Å². The summed E-state index contributed by atoms with van der Waals surface area (Å²) in [7, 11) is 0. The van der Waals surface area contributed by atoms with Crippen LogP contribution in [-0.2, 0) is 38.8 Å². The number of nitrogens with one attached hydrogen (secondary N) is 2. The van der Waals surface area contributed by atoms with Gasteiger partial charge in [-0.05, 0) is 56.6 Å². The number of nitrogens with zero attached hydrogens (tertiary/aromatic N) is 8. The summed E-state index contributed by atoms with van der Waals surface area (Å²) >= 11 is 0. The Balaban J connectivity index is 0.000000185. The summed E-state index contributed by atoms with van der Waals surface area (Å²) in [5.41, 5.74) is 18.9. The molecule has 0 fully saturated rings. The molecule has 0 amide bonds. The van der Waals surface area contributed by atoms with Crippen LogP contribution in [0.15, 0.2) is 97.1 Å². The number of nitrogen functional groups attached to an aromatic ring is 2. The van der Waals surface area contributed by atoms with Gasteiger partial charge in [0.05, 0.1) is 36.9 Å². The van der Waals surface area contributed by atoms with Gasteiger partial charge in [0.15, 0.2) is 11.9 Å². The van der Waals surface area contributed by atoms with Crippen LogP contribution in [0.25, 0.3) is 12.2 Å². The van der Waals surface area contributed by atoms with Crippen LogP contribution in [0.3, 0.4) is 0 Å². The Morgan fingerprint density at radius 3 is 1.79 bits per heavy atom. The first-order valence-electron chi connectivity index (χ1n) is 15.8. The fourth-order valence-corrected chi connectivity index (χ4v) is 5.00. The highest BCUT2D eigenvalue weighted by molar-refractivity contribution is 5.52. The number of aromatic amines is 2. The second-order valence-corrected chi connectivity index (χ2v) is 11.3. The van der Waals surface area contributed by atoms with E-state index in [0.29, 0.717) is 11.9 Å². The minimum atomic E-state index is 0.469. The van der Waals surface area contributed by atoms with Gasteiger partial charge in [-0.1, -0.05) is 94.9 Å². The molecule has 242 valence electrons. The molecule has 0 saturated heterocycles. The number of allylic oxidation sites excluding steroid dienone is 2. The molecule has 0 bridgehead atoms. The van der Waals surface area contributed by atoms with E-state index in [9.17, 15) is 0 Å². The lowest BCUT2D eigenvalue weighted by Gasteiger charge is -2.01. The summed E-state index contributed by atoms with van der Waals surface area (Å²) in [6.07, 6.45) is 19.5. The van der Waals surface area contributed by atoms with Crippen molar-refractivity contribution in [3.63, 3.8) is 0 Å². The molecule has 0 aliphatic carbocycles. The molecule has 0 aliphatic heterocycles. The molecule has 0 radical (unpaired) electrons. The lowest BCUT2D eigenvalue weighted by molar-refractivity contribution is 0.643. The number of H-pyrrole nitrogens is 2. The van der Waals surface area contributed by atoms with Crippen LogP contribution >= 0.6 is 0 Å². The topological polar surface area (TPSA) is 171 Å². The van der Waals surface area contributed by atoms with Crippen LogP contribution in [0.2, 0.25) is 0 Å². The van der Waals surface area contributed by atoms with Crippen molar-refractivity contribution in [3.8, 4) is 0 Å². The van der Waals surface area contributed by atoms with Gasteiger partial charge in [0.2, 0.25) is 0 Å². The van der Waals surface area contributed by atoms with Crippen molar-refractivity contribution in [3.05, 3.63) is 131 Å². The third-order valence-electron chi connectivity index (χ3n) is 7.25. The molecule has 4 aromatic heterocycles. The Bertz CT molecular complexity index is 1830. The molecule has 2 aromatic carbocycles. The second-order valence-electron chi connectivity index (χ2n) is 11.3. The maximum atomic E-state index is 5.57. The number of anilines is 2. The van der Waals surface area contributed by atoms with E-state index in [2.05, 4.69) is 90.0 Å². The van der Waals surface area contributed by atoms with Crippen molar-refractivity contribution in [1.82, 2.24) is 49.9 Å². The summed E-state index contributed by atoms with van der Waals surface area (Å²) < 4.78 is 3.74. The van der Waals surface area contributed by atoms with E-state index in [1.807, 2.05) is 58.2 Å². The average Bonchev–Trinajstić information content (AvgIpc) is 3.89. The summed E-state index contributed by atoms with van der Waals surface area (Å²) in [5.74, 6) is 0.938. The van der Waals surface area contributed by atoms with Crippen LogP contribution in [-0.4, -0.2) is 49.9 Å². The zero-order valence-corrected chi connectivity index (χ0v) is 26.7. The summed E-state index contributed by atoms with van der Waals surface area (Å²) in [6.45, 7) is 3.58. The predicted molar refractivity (Wildman–Crippen MR) is 186 cm³/mol. The third kappa shape index (κ3) is 11.3. The summed E-state index contributed by atoms with van der Waals surface area (Å²) in [6, 6.07) is 20.5. The van der Waals surface area contributed by atoms with Crippen molar-refractivity contribution in [2.24, 2.45) is 0 Å². The Morgan fingerprint density at radius 1 is 0.702 bits per heavy atom. The number of rotatable bonds is 14. The zero-order chi connectivity index (χ0) is 32.7. The van der Waals surface area contributed by atoms with E-state index >= 15 is 0 Å². The minimum Gasteiger partial charge on any atom is -0.369 e. The normalized spacial score (nSPS) is 11.6. The van der Waals surface area contributed by atoms with Gasteiger partial charge in [0, 0.05) is 23.8 Å². The molecule has 4 heterocycles. The maximum absolute atomic E-state index is 5.57. The van der Waals surface area contributed by atoms with Crippen LogP contribution in [0.5, 0.6) is 0 Å². The second kappa shape index (κ2) is 17.1. The van der Waals surface area contributed by atoms with Gasteiger partial charge < -0.3 is 21.4 Å². The van der Waals surface area contributed by atoms with Crippen molar-refractivity contribution >= 4 is 24.0 Å². The number of nitrogens with two attached hydrogens (primary N) is 2.